The quantitative estimate of drug-likeness (QED) is 0.783. The third-order valence-corrected chi connectivity index (χ3v) is 2.96. The summed E-state index contributed by atoms with van der Waals surface area (Å²) in [6.45, 7) is 1.92. The molecule has 86 valence electrons. The number of hydrazine groups is 1. The maximum absolute atomic E-state index is 11.3. The molecule has 1 atom stereocenters. The van der Waals surface area contributed by atoms with E-state index in [2.05, 4.69) is 10.9 Å². The van der Waals surface area contributed by atoms with Crippen LogP contribution in [0.4, 0.5) is 5.88 Å². The van der Waals surface area contributed by atoms with Gasteiger partial charge in [-0.05, 0) is 18.1 Å². The Hall–Kier alpha value is -2.07. The molecule has 0 bridgehead atoms. The van der Waals surface area contributed by atoms with Gasteiger partial charge in [-0.1, -0.05) is 30.3 Å². The van der Waals surface area contributed by atoms with E-state index < -0.39 is 0 Å². The standard InChI is InChI=1S/C13H12N2O2/c1-8-7-10(16)17-13-11(8)12(14-15-13)9-5-3-2-4-6-9/h2-7,12,14-15H,1H3. The molecule has 1 unspecified atom stereocenters. The number of hydrogen-bond donors (Lipinski definition) is 2. The van der Waals surface area contributed by atoms with Crippen LogP contribution in [0.25, 0.3) is 0 Å². The van der Waals surface area contributed by atoms with Crippen LogP contribution < -0.4 is 16.5 Å². The van der Waals surface area contributed by atoms with Crippen molar-refractivity contribution in [2.45, 2.75) is 13.0 Å². The van der Waals surface area contributed by atoms with Gasteiger partial charge in [-0.25, -0.2) is 10.2 Å². The molecule has 1 aromatic carbocycles. The van der Waals surface area contributed by atoms with Crippen LogP contribution in [0.3, 0.4) is 0 Å². The fourth-order valence-electron chi connectivity index (χ4n) is 2.18. The first-order valence-corrected chi connectivity index (χ1v) is 5.47. The Morgan fingerprint density at radius 2 is 2.00 bits per heavy atom. The zero-order chi connectivity index (χ0) is 11.8. The third-order valence-electron chi connectivity index (χ3n) is 2.96. The molecule has 0 saturated heterocycles. The van der Waals surface area contributed by atoms with E-state index in [0.29, 0.717) is 5.88 Å². The fraction of sp³-hybridized carbons (Fsp3) is 0.154. The van der Waals surface area contributed by atoms with E-state index >= 15 is 0 Å². The van der Waals surface area contributed by atoms with Crippen molar-refractivity contribution in [2.24, 2.45) is 0 Å². The maximum atomic E-state index is 11.3. The van der Waals surface area contributed by atoms with E-state index in [-0.39, 0.29) is 11.7 Å². The minimum Gasteiger partial charge on any atom is -0.405 e. The van der Waals surface area contributed by atoms with E-state index in [4.69, 9.17) is 4.42 Å². The first-order valence-electron chi connectivity index (χ1n) is 5.47. The van der Waals surface area contributed by atoms with Crippen molar-refractivity contribution in [3.8, 4) is 0 Å². The van der Waals surface area contributed by atoms with Crippen molar-refractivity contribution in [3.05, 3.63) is 63.5 Å². The predicted molar refractivity (Wildman–Crippen MR) is 64.8 cm³/mol. The summed E-state index contributed by atoms with van der Waals surface area (Å²) in [5.74, 6) is 0.517. The first kappa shape index (κ1) is 10.1. The second kappa shape index (κ2) is 3.75. The zero-order valence-electron chi connectivity index (χ0n) is 9.36. The van der Waals surface area contributed by atoms with Gasteiger partial charge in [-0.15, -0.1) is 0 Å². The topological polar surface area (TPSA) is 54.3 Å². The lowest BCUT2D eigenvalue weighted by Crippen LogP contribution is -2.19. The van der Waals surface area contributed by atoms with Gasteiger partial charge in [0.2, 0.25) is 5.88 Å². The normalized spacial score (nSPS) is 17.6. The lowest BCUT2D eigenvalue weighted by molar-refractivity contribution is 0.524. The lowest BCUT2D eigenvalue weighted by Gasteiger charge is -2.11. The largest absolute Gasteiger partial charge is 0.405 e. The minimum absolute atomic E-state index is 0.0237. The lowest BCUT2D eigenvalue weighted by atomic mass is 9.98. The molecule has 1 aliphatic heterocycles. The van der Waals surface area contributed by atoms with Crippen LogP contribution >= 0.6 is 0 Å². The number of benzene rings is 1. The van der Waals surface area contributed by atoms with Crippen LogP contribution in [0.1, 0.15) is 22.7 Å². The second-order valence-electron chi connectivity index (χ2n) is 4.10. The molecule has 17 heavy (non-hydrogen) atoms. The van der Waals surface area contributed by atoms with Gasteiger partial charge in [0.1, 0.15) is 0 Å². The molecule has 0 fully saturated rings. The van der Waals surface area contributed by atoms with E-state index in [1.807, 2.05) is 37.3 Å². The first-order chi connectivity index (χ1) is 8.25. The van der Waals surface area contributed by atoms with Gasteiger partial charge >= 0.3 is 5.63 Å². The van der Waals surface area contributed by atoms with Crippen molar-refractivity contribution in [2.75, 3.05) is 5.43 Å². The van der Waals surface area contributed by atoms with Crippen LogP contribution in [-0.2, 0) is 0 Å². The molecule has 4 nitrogen and oxygen atoms in total. The van der Waals surface area contributed by atoms with Crippen molar-refractivity contribution in [1.82, 2.24) is 5.43 Å². The molecule has 1 aliphatic rings. The third kappa shape index (κ3) is 1.62. The summed E-state index contributed by atoms with van der Waals surface area (Å²) in [6, 6.07) is 11.6. The summed E-state index contributed by atoms with van der Waals surface area (Å²) in [6.07, 6.45) is 0. The predicted octanol–water partition coefficient (Wildman–Crippen LogP) is 1.97. The average molecular weight is 228 g/mol. The fourth-order valence-corrected chi connectivity index (χ4v) is 2.18. The molecule has 2 aromatic rings. The highest BCUT2D eigenvalue weighted by molar-refractivity contribution is 5.54. The number of fused-ring (bicyclic) bond motifs is 1. The molecule has 0 aliphatic carbocycles. The SMILES string of the molecule is Cc1cc(=O)oc2c1C(c1ccccc1)NN2. The van der Waals surface area contributed by atoms with Gasteiger partial charge in [-0.2, -0.15) is 0 Å². The van der Waals surface area contributed by atoms with Crippen LogP contribution in [0.15, 0.2) is 45.6 Å². The van der Waals surface area contributed by atoms with E-state index in [0.717, 1.165) is 16.7 Å². The summed E-state index contributed by atoms with van der Waals surface area (Å²) < 4.78 is 5.12. The van der Waals surface area contributed by atoms with Crippen LogP contribution in [-0.4, -0.2) is 0 Å². The Morgan fingerprint density at radius 1 is 1.24 bits per heavy atom. The zero-order valence-corrected chi connectivity index (χ0v) is 9.36. The molecule has 0 amide bonds. The molecule has 3 rings (SSSR count). The van der Waals surface area contributed by atoms with Crippen molar-refractivity contribution < 1.29 is 4.42 Å². The van der Waals surface area contributed by atoms with Crippen molar-refractivity contribution >= 4 is 5.88 Å². The van der Waals surface area contributed by atoms with Gasteiger partial charge in [0.05, 0.1) is 6.04 Å². The molecular weight excluding hydrogens is 216 g/mol. The van der Waals surface area contributed by atoms with Crippen LogP contribution in [0, 0.1) is 6.92 Å². The summed E-state index contributed by atoms with van der Waals surface area (Å²) in [4.78, 5) is 11.3. The Morgan fingerprint density at radius 3 is 2.76 bits per heavy atom. The highest BCUT2D eigenvalue weighted by Crippen LogP contribution is 2.33. The Balaban J connectivity index is 2.14. The van der Waals surface area contributed by atoms with Gasteiger partial charge in [0.15, 0.2) is 0 Å². The maximum Gasteiger partial charge on any atom is 0.337 e. The van der Waals surface area contributed by atoms with Gasteiger partial charge in [-0.3, -0.25) is 5.43 Å². The number of hydrogen-bond acceptors (Lipinski definition) is 4. The van der Waals surface area contributed by atoms with E-state index in [1.165, 1.54) is 6.07 Å². The smallest absolute Gasteiger partial charge is 0.337 e. The van der Waals surface area contributed by atoms with Crippen molar-refractivity contribution in [1.29, 1.82) is 0 Å². The van der Waals surface area contributed by atoms with Crippen LogP contribution in [0.2, 0.25) is 0 Å². The monoisotopic (exact) mass is 228 g/mol. The highest BCUT2D eigenvalue weighted by Gasteiger charge is 2.27. The summed E-state index contributed by atoms with van der Waals surface area (Å²) in [5, 5.41) is 0. The molecule has 1 aromatic heterocycles. The summed E-state index contributed by atoms with van der Waals surface area (Å²) >= 11 is 0. The molecule has 0 radical (unpaired) electrons. The molecule has 2 heterocycles. The Labute approximate surface area is 98.2 Å². The molecule has 0 spiro atoms. The van der Waals surface area contributed by atoms with Gasteiger partial charge < -0.3 is 4.42 Å². The molecule has 4 heteroatoms. The Kier molecular flexibility index (Phi) is 2.23. The number of nitrogens with one attached hydrogen (secondary N) is 2. The summed E-state index contributed by atoms with van der Waals surface area (Å²) in [5.41, 5.74) is 8.77. The molecular formula is C13H12N2O2. The summed E-state index contributed by atoms with van der Waals surface area (Å²) in [7, 11) is 0. The minimum atomic E-state index is -0.329. The average Bonchev–Trinajstić information content (AvgIpc) is 2.74. The number of rotatable bonds is 1. The van der Waals surface area contributed by atoms with Crippen molar-refractivity contribution in [3.63, 3.8) is 0 Å². The van der Waals surface area contributed by atoms with Gasteiger partial charge in [0, 0.05) is 11.6 Å². The number of anilines is 1. The Bertz CT molecular complexity index is 605. The van der Waals surface area contributed by atoms with Gasteiger partial charge in [0.25, 0.3) is 0 Å². The second-order valence-corrected chi connectivity index (χ2v) is 4.10. The highest BCUT2D eigenvalue weighted by atomic mass is 16.4. The van der Waals surface area contributed by atoms with Crippen LogP contribution in [0.5, 0.6) is 0 Å². The van der Waals surface area contributed by atoms with E-state index in [1.54, 1.807) is 0 Å². The molecule has 2 N–H and O–H groups in total. The number of aryl methyl sites for hydroxylation is 1. The molecule has 0 saturated carbocycles. The van der Waals surface area contributed by atoms with E-state index in [9.17, 15) is 4.79 Å².